The van der Waals surface area contributed by atoms with E-state index in [9.17, 15) is 13.2 Å². The summed E-state index contributed by atoms with van der Waals surface area (Å²) in [6.45, 7) is 0. The maximum Gasteiger partial charge on any atom is 0.407 e. The third-order valence-corrected chi connectivity index (χ3v) is 1.48. The number of hydrogen-bond acceptors (Lipinski definition) is 3. The van der Waals surface area contributed by atoms with Crippen molar-refractivity contribution in [2.45, 2.75) is 12.2 Å². The van der Waals surface area contributed by atoms with E-state index in [-0.39, 0.29) is 5.56 Å². The van der Waals surface area contributed by atoms with E-state index >= 15 is 0 Å². The number of hydrogen-bond donors (Lipinski definition) is 1. The Bertz CT molecular complexity index is 336. The molecular weight excluding hydrogens is 185 g/mol. The van der Waals surface area contributed by atoms with Crippen LogP contribution in [-0.4, -0.2) is 6.18 Å². The van der Waals surface area contributed by atoms with Gasteiger partial charge in [-0.2, -0.15) is 18.4 Å². The predicted octanol–water partition coefficient (Wildman–Crippen LogP) is 1.71. The van der Waals surface area contributed by atoms with Crippen molar-refractivity contribution in [2.24, 2.45) is 5.73 Å². The lowest BCUT2D eigenvalue weighted by Crippen LogP contribution is -2.28. The molecule has 0 aliphatic rings. The number of nitrogens with zero attached hydrogens (tertiary/aromatic N) is 1. The average Bonchev–Trinajstić information content (AvgIpc) is 2.48. The molecule has 0 unspecified atom stereocenters. The zero-order chi connectivity index (χ0) is 10.1. The molecule has 0 radical (unpaired) electrons. The predicted molar refractivity (Wildman–Crippen MR) is 36.4 cm³/mol. The number of halogens is 3. The van der Waals surface area contributed by atoms with E-state index in [0.717, 1.165) is 12.3 Å². The molecule has 70 valence electrons. The lowest BCUT2D eigenvalue weighted by Gasteiger charge is -2.13. The Morgan fingerprint density at radius 1 is 1.54 bits per heavy atom. The number of rotatable bonds is 1. The number of nitrogens with two attached hydrogens (primary N) is 1. The number of alkyl halides is 3. The normalized spacial score (nSPS) is 13.8. The lowest BCUT2D eigenvalue weighted by atomic mass is 10.1. The van der Waals surface area contributed by atoms with E-state index in [4.69, 9.17) is 11.0 Å². The van der Waals surface area contributed by atoms with Crippen molar-refractivity contribution in [1.82, 2.24) is 0 Å². The smallest absolute Gasteiger partial charge is 0.407 e. The van der Waals surface area contributed by atoms with Crippen LogP contribution < -0.4 is 5.73 Å². The zero-order valence-corrected chi connectivity index (χ0v) is 6.30. The Kier molecular flexibility index (Phi) is 2.30. The van der Waals surface area contributed by atoms with Crippen molar-refractivity contribution in [1.29, 1.82) is 5.26 Å². The molecule has 3 nitrogen and oxygen atoms in total. The maximum absolute atomic E-state index is 12.1. The maximum atomic E-state index is 12.1. The molecule has 1 heterocycles. The molecule has 1 aromatic rings. The van der Waals surface area contributed by atoms with E-state index in [1.54, 1.807) is 0 Å². The number of furan rings is 1. The minimum absolute atomic E-state index is 0.338. The van der Waals surface area contributed by atoms with Crippen LogP contribution in [0.25, 0.3) is 0 Å². The fourth-order valence-electron chi connectivity index (χ4n) is 0.831. The molecule has 1 aromatic heterocycles. The molecule has 6 heteroatoms. The van der Waals surface area contributed by atoms with E-state index in [0.29, 0.717) is 0 Å². The second kappa shape index (κ2) is 3.11. The van der Waals surface area contributed by atoms with Crippen LogP contribution in [0.1, 0.15) is 17.4 Å². The van der Waals surface area contributed by atoms with Crippen LogP contribution >= 0.6 is 0 Å². The Balaban J connectivity index is 3.03. The van der Waals surface area contributed by atoms with Crippen molar-refractivity contribution in [2.75, 3.05) is 0 Å². The van der Waals surface area contributed by atoms with Gasteiger partial charge in [-0.15, -0.1) is 0 Å². The molecule has 0 aromatic carbocycles. The molecule has 2 N–H and O–H groups in total. The monoisotopic (exact) mass is 190 g/mol. The second-order valence-corrected chi connectivity index (χ2v) is 2.34. The highest BCUT2D eigenvalue weighted by atomic mass is 19.4. The summed E-state index contributed by atoms with van der Waals surface area (Å²) in [6, 6.07) is 0.354. The molecule has 0 bridgehead atoms. The van der Waals surface area contributed by atoms with Gasteiger partial charge in [-0.1, -0.05) is 0 Å². The first-order valence-corrected chi connectivity index (χ1v) is 3.26. The van der Waals surface area contributed by atoms with Gasteiger partial charge in [-0.05, 0) is 6.07 Å². The summed E-state index contributed by atoms with van der Waals surface area (Å²) in [5, 5.41) is 8.36. The van der Waals surface area contributed by atoms with E-state index < -0.39 is 18.0 Å². The van der Waals surface area contributed by atoms with Crippen molar-refractivity contribution < 1.29 is 17.6 Å². The molecule has 0 amide bonds. The highest BCUT2D eigenvalue weighted by Gasteiger charge is 2.39. The molecule has 0 fully saturated rings. The molecule has 1 atom stereocenters. The highest BCUT2D eigenvalue weighted by Crippen LogP contribution is 2.32. The first-order valence-electron chi connectivity index (χ1n) is 3.26. The third-order valence-electron chi connectivity index (χ3n) is 1.48. The summed E-state index contributed by atoms with van der Waals surface area (Å²) in [5.41, 5.74) is 4.52. The molecule has 0 saturated heterocycles. The molecule has 0 spiro atoms. The topological polar surface area (TPSA) is 63.0 Å². The van der Waals surface area contributed by atoms with E-state index in [2.05, 4.69) is 4.42 Å². The van der Waals surface area contributed by atoms with Gasteiger partial charge in [0.1, 0.15) is 12.1 Å². The summed E-state index contributed by atoms with van der Waals surface area (Å²) < 4.78 is 40.6. The van der Waals surface area contributed by atoms with Crippen LogP contribution in [0.2, 0.25) is 0 Å². The molecule has 0 aliphatic heterocycles. The molecule has 0 saturated carbocycles. The largest absolute Gasteiger partial charge is 0.454 e. The van der Waals surface area contributed by atoms with Crippen LogP contribution in [0.3, 0.4) is 0 Å². The minimum Gasteiger partial charge on any atom is -0.454 e. The van der Waals surface area contributed by atoms with Crippen LogP contribution in [0.15, 0.2) is 16.7 Å². The summed E-state index contributed by atoms with van der Waals surface area (Å²) in [5.74, 6) is -0.398. The summed E-state index contributed by atoms with van der Waals surface area (Å²) >= 11 is 0. The molecule has 1 rings (SSSR count). The SMILES string of the molecule is N#Cc1occc1[C@H](N)C(F)(F)F. The van der Waals surface area contributed by atoms with Crippen molar-refractivity contribution >= 4 is 0 Å². The van der Waals surface area contributed by atoms with Crippen molar-refractivity contribution in [3.05, 3.63) is 23.7 Å². The molecular formula is C7H5F3N2O. The first kappa shape index (κ1) is 9.61. The van der Waals surface area contributed by atoms with Gasteiger partial charge in [0.15, 0.2) is 0 Å². The number of nitriles is 1. The Morgan fingerprint density at radius 3 is 2.62 bits per heavy atom. The fraction of sp³-hybridized carbons (Fsp3) is 0.286. The summed E-state index contributed by atoms with van der Waals surface area (Å²) in [7, 11) is 0. The standard InChI is InChI=1S/C7H5F3N2O/c8-7(9,10)6(12)4-1-2-13-5(4)3-11/h1-2,6H,12H2/t6-/m0/s1. The van der Waals surface area contributed by atoms with Gasteiger partial charge >= 0.3 is 6.18 Å². The zero-order valence-electron chi connectivity index (χ0n) is 6.30. The molecule has 0 aliphatic carbocycles. The van der Waals surface area contributed by atoms with Crippen molar-refractivity contribution in [3.8, 4) is 6.07 Å². The van der Waals surface area contributed by atoms with Gasteiger partial charge in [0.2, 0.25) is 5.76 Å². The minimum atomic E-state index is -4.56. The Morgan fingerprint density at radius 2 is 2.15 bits per heavy atom. The van der Waals surface area contributed by atoms with Gasteiger partial charge < -0.3 is 10.2 Å². The Hall–Kier alpha value is -1.48. The summed E-state index contributed by atoms with van der Waals surface area (Å²) in [4.78, 5) is 0. The Labute approximate surface area is 71.5 Å². The summed E-state index contributed by atoms with van der Waals surface area (Å²) in [6.07, 6.45) is -3.56. The van der Waals surface area contributed by atoms with Crippen LogP contribution in [0, 0.1) is 11.3 Å². The first-order chi connectivity index (χ1) is 5.96. The molecule has 13 heavy (non-hydrogen) atoms. The van der Waals surface area contributed by atoms with Gasteiger partial charge in [0.25, 0.3) is 0 Å². The van der Waals surface area contributed by atoms with Crippen LogP contribution in [0.5, 0.6) is 0 Å². The van der Waals surface area contributed by atoms with Crippen LogP contribution in [0.4, 0.5) is 13.2 Å². The van der Waals surface area contributed by atoms with Gasteiger partial charge in [-0.3, -0.25) is 0 Å². The average molecular weight is 190 g/mol. The quantitative estimate of drug-likeness (QED) is 0.733. The van der Waals surface area contributed by atoms with Gasteiger partial charge in [0.05, 0.1) is 6.26 Å². The van der Waals surface area contributed by atoms with Crippen molar-refractivity contribution in [3.63, 3.8) is 0 Å². The van der Waals surface area contributed by atoms with E-state index in [1.807, 2.05) is 0 Å². The highest BCUT2D eigenvalue weighted by molar-refractivity contribution is 5.31. The van der Waals surface area contributed by atoms with Crippen LogP contribution in [-0.2, 0) is 0 Å². The third kappa shape index (κ3) is 1.81. The lowest BCUT2D eigenvalue weighted by molar-refractivity contribution is -0.149. The second-order valence-electron chi connectivity index (χ2n) is 2.34. The van der Waals surface area contributed by atoms with E-state index in [1.165, 1.54) is 6.07 Å². The van der Waals surface area contributed by atoms with Gasteiger partial charge in [0, 0.05) is 5.56 Å². The fourth-order valence-corrected chi connectivity index (χ4v) is 0.831. The van der Waals surface area contributed by atoms with Gasteiger partial charge in [-0.25, -0.2) is 0 Å².